The average Bonchev–Trinajstić information content (AvgIpc) is 2.50. The Morgan fingerprint density at radius 3 is 2.57 bits per heavy atom. The quantitative estimate of drug-likeness (QED) is 0.801. The van der Waals surface area contributed by atoms with E-state index in [-0.39, 0.29) is 5.78 Å². The van der Waals surface area contributed by atoms with Crippen LogP contribution in [0, 0.1) is 13.8 Å². The molecule has 0 unspecified atom stereocenters. The molecule has 1 heterocycles. The van der Waals surface area contributed by atoms with Crippen LogP contribution >= 0.6 is 0 Å². The molecular weight excluding hydrogens is 258 g/mol. The monoisotopic (exact) mass is 279 g/mol. The molecule has 0 bridgehead atoms. The van der Waals surface area contributed by atoms with Crippen molar-refractivity contribution in [3.63, 3.8) is 0 Å². The minimum Gasteiger partial charge on any atom is -0.293 e. The van der Waals surface area contributed by atoms with E-state index >= 15 is 0 Å². The highest BCUT2D eigenvalue weighted by Gasteiger charge is 2.18. The van der Waals surface area contributed by atoms with Gasteiger partial charge in [0.2, 0.25) is 0 Å². The second-order valence-corrected chi connectivity index (χ2v) is 5.95. The lowest BCUT2D eigenvalue weighted by molar-refractivity contribution is 0.0921. The Morgan fingerprint density at radius 1 is 1.05 bits per heavy atom. The SMILES string of the molecule is Cc1ccc(C(=O)CN2CCc3ccccc3C2)cc1C. The molecule has 2 aromatic carbocycles. The van der Waals surface area contributed by atoms with Crippen LogP contribution in [0.4, 0.5) is 0 Å². The number of Topliss-reactive ketones (excluding diaryl/α,β-unsaturated/α-hetero) is 1. The fraction of sp³-hybridized carbons (Fsp3) is 0.316. The molecule has 3 rings (SSSR count). The Morgan fingerprint density at radius 2 is 1.81 bits per heavy atom. The maximum atomic E-state index is 12.4. The van der Waals surface area contributed by atoms with Crippen molar-refractivity contribution in [2.45, 2.75) is 26.8 Å². The number of ketones is 1. The highest BCUT2D eigenvalue weighted by atomic mass is 16.1. The van der Waals surface area contributed by atoms with E-state index in [9.17, 15) is 4.79 Å². The molecular formula is C19H21NO. The first-order valence-electron chi connectivity index (χ1n) is 7.53. The van der Waals surface area contributed by atoms with E-state index in [2.05, 4.69) is 43.0 Å². The summed E-state index contributed by atoms with van der Waals surface area (Å²) in [5.74, 6) is 0.220. The van der Waals surface area contributed by atoms with Gasteiger partial charge in [0.15, 0.2) is 5.78 Å². The Balaban J connectivity index is 1.70. The van der Waals surface area contributed by atoms with E-state index in [4.69, 9.17) is 0 Å². The third-order valence-electron chi connectivity index (χ3n) is 4.41. The molecule has 2 nitrogen and oxygen atoms in total. The van der Waals surface area contributed by atoms with E-state index in [1.54, 1.807) is 0 Å². The number of nitrogens with zero attached hydrogens (tertiary/aromatic N) is 1. The standard InChI is InChI=1S/C19H21NO/c1-14-7-8-17(11-15(14)2)19(21)13-20-10-9-16-5-3-4-6-18(16)12-20/h3-8,11H,9-10,12-13H2,1-2H3. The lowest BCUT2D eigenvalue weighted by Crippen LogP contribution is -2.34. The van der Waals surface area contributed by atoms with Gasteiger partial charge in [-0.15, -0.1) is 0 Å². The lowest BCUT2D eigenvalue weighted by Gasteiger charge is -2.28. The highest BCUT2D eigenvalue weighted by molar-refractivity contribution is 5.97. The molecule has 0 N–H and O–H groups in total. The summed E-state index contributed by atoms with van der Waals surface area (Å²) < 4.78 is 0. The number of aryl methyl sites for hydroxylation is 2. The van der Waals surface area contributed by atoms with Crippen LogP contribution < -0.4 is 0 Å². The summed E-state index contributed by atoms with van der Waals surface area (Å²) in [6.07, 6.45) is 1.04. The summed E-state index contributed by atoms with van der Waals surface area (Å²) >= 11 is 0. The zero-order valence-electron chi connectivity index (χ0n) is 12.7. The minimum absolute atomic E-state index is 0.220. The molecule has 0 saturated carbocycles. The molecule has 0 aliphatic carbocycles. The number of carbonyl (C=O) groups is 1. The predicted molar refractivity (Wildman–Crippen MR) is 85.7 cm³/mol. The summed E-state index contributed by atoms with van der Waals surface area (Å²) in [6.45, 7) is 6.49. The van der Waals surface area contributed by atoms with E-state index < -0.39 is 0 Å². The average molecular weight is 279 g/mol. The van der Waals surface area contributed by atoms with E-state index in [1.165, 1.54) is 22.3 Å². The number of hydrogen-bond donors (Lipinski definition) is 0. The van der Waals surface area contributed by atoms with Crippen molar-refractivity contribution in [3.8, 4) is 0 Å². The van der Waals surface area contributed by atoms with Crippen LogP contribution in [0.25, 0.3) is 0 Å². The Kier molecular flexibility index (Phi) is 3.89. The smallest absolute Gasteiger partial charge is 0.176 e. The van der Waals surface area contributed by atoms with Gasteiger partial charge in [-0.1, -0.05) is 36.4 Å². The zero-order chi connectivity index (χ0) is 14.8. The van der Waals surface area contributed by atoms with E-state index in [0.717, 1.165) is 25.1 Å². The van der Waals surface area contributed by atoms with Crippen LogP contribution in [0.2, 0.25) is 0 Å². The molecule has 2 heteroatoms. The van der Waals surface area contributed by atoms with Crippen molar-refractivity contribution in [3.05, 3.63) is 70.3 Å². The largest absolute Gasteiger partial charge is 0.293 e. The Bertz CT molecular complexity index is 675. The van der Waals surface area contributed by atoms with Gasteiger partial charge in [0, 0.05) is 18.7 Å². The Labute approximate surface area is 126 Å². The molecule has 1 aliphatic rings. The molecule has 108 valence electrons. The number of rotatable bonds is 3. The van der Waals surface area contributed by atoms with Crippen LogP contribution in [-0.4, -0.2) is 23.8 Å². The Hall–Kier alpha value is -1.93. The van der Waals surface area contributed by atoms with Crippen LogP contribution in [0.3, 0.4) is 0 Å². The fourth-order valence-electron chi connectivity index (χ4n) is 2.90. The first-order chi connectivity index (χ1) is 10.1. The van der Waals surface area contributed by atoms with Crippen LogP contribution in [0.5, 0.6) is 0 Å². The highest BCUT2D eigenvalue weighted by Crippen LogP contribution is 2.19. The molecule has 0 radical (unpaired) electrons. The zero-order valence-corrected chi connectivity index (χ0v) is 12.7. The van der Waals surface area contributed by atoms with Crippen molar-refractivity contribution in [2.24, 2.45) is 0 Å². The second kappa shape index (κ2) is 5.82. The van der Waals surface area contributed by atoms with Crippen LogP contribution in [0.1, 0.15) is 32.6 Å². The summed E-state index contributed by atoms with van der Waals surface area (Å²) in [6, 6.07) is 14.5. The van der Waals surface area contributed by atoms with E-state index in [0.29, 0.717) is 6.54 Å². The van der Waals surface area contributed by atoms with Gasteiger partial charge in [-0.25, -0.2) is 0 Å². The fourth-order valence-corrected chi connectivity index (χ4v) is 2.90. The third-order valence-corrected chi connectivity index (χ3v) is 4.41. The van der Waals surface area contributed by atoms with Gasteiger partial charge >= 0.3 is 0 Å². The van der Waals surface area contributed by atoms with Crippen molar-refractivity contribution in [1.82, 2.24) is 4.90 Å². The van der Waals surface area contributed by atoms with Crippen molar-refractivity contribution >= 4 is 5.78 Å². The maximum absolute atomic E-state index is 12.4. The first-order valence-corrected chi connectivity index (χ1v) is 7.53. The maximum Gasteiger partial charge on any atom is 0.176 e. The predicted octanol–water partition coefficient (Wildman–Crippen LogP) is 3.54. The number of hydrogen-bond acceptors (Lipinski definition) is 2. The van der Waals surface area contributed by atoms with Crippen LogP contribution in [0.15, 0.2) is 42.5 Å². The van der Waals surface area contributed by atoms with Gasteiger partial charge in [-0.3, -0.25) is 9.69 Å². The number of benzene rings is 2. The normalized spacial score (nSPS) is 14.8. The summed E-state index contributed by atoms with van der Waals surface area (Å²) in [5.41, 5.74) is 6.03. The molecule has 0 atom stereocenters. The second-order valence-electron chi connectivity index (χ2n) is 5.95. The molecule has 0 saturated heterocycles. The number of fused-ring (bicyclic) bond motifs is 1. The molecule has 0 aromatic heterocycles. The van der Waals surface area contributed by atoms with Gasteiger partial charge in [-0.05, 0) is 48.6 Å². The van der Waals surface area contributed by atoms with E-state index in [1.807, 2.05) is 18.2 Å². The topological polar surface area (TPSA) is 20.3 Å². The molecule has 2 aromatic rings. The molecule has 0 spiro atoms. The van der Waals surface area contributed by atoms with Gasteiger partial charge in [0.05, 0.1) is 6.54 Å². The lowest BCUT2D eigenvalue weighted by atomic mass is 9.99. The summed E-state index contributed by atoms with van der Waals surface area (Å²) in [4.78, 5) is 14.7. The van der Waals surface area contributed by atoms with Gasteiger partial charge in [-0.2, -0.15) is 0 Å². The van der Waals surface area contributed by atoms with Crippen LogP contribution in [-0.2, 0) is 13.0 Å². The van der Waals surface area contributed by atoms with Gasteiger partial charge in [0.1, 0.15) is 0 Å². The van der Waals surface area contributed by atoms with Gasteiger partial charge < -0.3 is 0 Å². The first kappa shape index (κ1) is 14.0. The molecule has 0 amide bonds. The third kappa shape index (κ3) is 3.06. The van der Waals surface area contributed by atoms with Crippen molar-refractivity contribution in [1.29, 1.82) is 0 Å². The summed E-state index contributed by atoms with van der Waals surface area (Å²) in [7, 11) is 0. The van der Waals surface area contributed by atoms with Gasteiger partial charge in [0.25, 0.3) is 0 Å². The number of carbonyl (C=O) groups excluding carboxylic acids is 1. The van der Waals surface area contributed by atoms with Crippen molar-refractivity contribution in [2.75, 3.05) is 13.1 Å². The molecule has 1 aliphatic heterocycles. The molecule has 21 heavy (non-hydrogen) atoms. The molecule has 0 fully saturated rings. The minimum atomic E-state index is 0.220. The van der Waals surface area contributed by atoms with Crippen molar-refractivity contribution < 1.29 is 4.79 Å². The summed E-state index contributed by atoms with van der Waals surface area (Å²) in [5, 5.41) is 0.